The van der Waals surface area contributed by atoms with Crippen LogP contribution in [0, 0.1) is 11.6 Å². The molecule has 6 nitrogen and oxygen atoms in total. The molecule has 0 unspecified atom stereocenters. The van der Waals surface area contributed by atoms with E-state index in [9.17, 15) is 8.78 Å². The van der Waals surface area contributed by atoms with Gasteiger partial charge in [0.2, 0.25) is 0 Å². The van der Waals surface area contributed by atoms with E-state index in [1.165, 1.54) is 12.1 Å². The average Bonchev–Trinajstić information content (AvgIpc) is 2.64. The fraction of sp³-hybridized carbons (Fsp3) is 0.353. The van der Waals surface area contributed by atoms with Crippen LogP contribution in [0.25, 0.3) is 0 Å². The van der Waals surface area contributed by atoms with Crippen LogP contribution in [-0.2, 0) is 11.3 Å². The molecular formula is C17H18F2N4O2. The van der Waals surface area contributed by atoms with Gasteiger partial charge in [0.1, 0.15) is 18.3 Å². The molecule has 3 rings (SSSR count). The summed E-state index contributed by atoms with van der Waals surface area (Å²) in [6.45, 7) is 4.59. The summed E-state index contributed by atoms with van der Waals surface area (Å²) in [4.78, 5) is 14.1. The molecule has 0 aliphatic carbocycles. The summed E-state index contributed by atoms with van der Waals surface area (Å²) in [5.41, 5.74) is 0.754. The van der Waals surface area contributed by atoms with Crippen LogP contribution in [0.5, 0.6) is 6.01 Å². The van der Waals surface area contributed by atoms with E-state index in [1.54, 1.807) is 19.1 Å². The standard InChI is InChI=1S/C17H18F2N4O2/c1-12(23-6-8-24-9-7-23)21-16-15(19)10-20-17(22-16)25-11-13-2-4-14(18)5-3-13/h2-5,10H,6-9,11H2,1H3. The Hall–Kier alpha value is -2.61. The molecule has 1 aromatic heterocycles. The first kappa shape index (κ1) is 17.2. The van der Waals surface area contributed by atoms with E-state index < -0.39 is 5.82 Å². The lowest BCUT2D eigenvalue weighted by molar-refractivity contribution is 0.0678. The number of benzene rings is 1. The quantitative estimate of drug-likeness (QED) is 0.628. The SMILES string of the molecule is CC(=Nc1nc(OCc2ccc(F)cc2)ncc1F)N1CCOCC1. The molecule has 1 aromatic carbocycles. The Balaban J connectivity index is 1.70. The molecule has 0 atom stereocenters. The van der Waals surface area contributed by atoms with Gasteiger partial charge in [0.15, 0.2) is 11.6 Å². The van der Waals surface area contributed by atoms with Crippen molar-refractivity contribution in [3.8, 4) is 6.01 Å². The lowest BCUT2D eigenvalue weighted by atomic mass is 10.2. The zero-order valence-corrected chi connectivity index (χ0v) is 13.8. The van der Waals surface area contributed by atoms with Crippen molar-refractivity contribution in [2.45, 2.75) is 13.5 Å². The maximum atomic E-state index is 13.9. The van der Waals surface area contributed by atoms with Crippen LogP contribution in [0.3, 0.4) is 0 Å². The van der Waals surface area contributed by atoms with Gasteiger partial charge in [-0.2, -0.15) is 4.98 Å². The van der Waals surface area contributed by atoms with Gasteiger partial charge >= 0.3 is 6.01 Å². The number of halogens is 2. The second kappa shape index (κ2) is 7.98. The van der Waals surface area contributed by atoms with Crippen molar-refractivity contribution >= 4 is 11.7 Å². The lowest BCUT2D eigenvalue weighted by Gasteiger charge is -2.28. The van der Waals surface area contributed by atoms with Crippen LogP contribution in [-0.4, -0.2) is 47.0 Å². The summed E-state index contributed by atoms with van der Waals surface area (Å²) in [6.07, 6.45) is 1.03. The summed E-state index contributed by atoms with van der Waals surface area (Å²) in [5.74, 6) is -0.364. The third kappa shape index (κ3) is 4.69. The molecule has 0 saturated carbocycles. The molecule has 2 heterocycles. The third-order valence-corrected chi connectivity index (χ3v) is 3.72. The van der Waals surface area contributed by atoms with Gasteiger partial charge in [0.25, 0.3) is 0 Å². The van der Waals surface area contributed by atoms with Crippen LogP contribution >= 0.6 is 0 Å². The second-order valence-corrected chi connectivity index (χ2v) is 5.50. The zero-order chi connectivity index (χ0) is 17.6. The fourth-order valence-corrected chi connectivity index (χ4v) is 2.33. The molecule has 8 heteroatoms. The number of nitrogens with zero attached hydrogens (tertiary/aromatic N) is 4. The van der Waals surface area contributed by atoms with Crippen LogP contribution in [0.1, 0.15) is 12.5 Å². The predicted octanol–water partition coefficient (Wildman–Crippen LogP) is 2.72. The zero-order valence-electron chi connectivity index (χ0n) is 13.8. The van der Waals surface area contributed by atoms with Crippen molar-refractivity contribution in [3.05, 3.63) is 47.7 Å². The maximum Gasteiger partial charge on any atom is 0.318 e. The van der Waals surface area contributed by atoms with Gasteiger partial charge in [-0.1, -0.05) is 12.1 Å². The van der Waals surface area contributed by atoms with Gasteiger partial charge in [-0.05, 0) is 24.6 Å². The topological polar surface area (TPSA) is 59.8 Å². The van der Waals surface area contributed by atoms with Crippen LogP contribution in [0.2, 0.25) is 0 Å². The molecule has 0 N–H and O–H groups in total. The number of aliphatic imine (C=N–C) groups is 1. The molecule has 25 heavy (non-hydrogen) atoms. The Bertz CT molecular complexity index is 747. The van der Waals surface area contributed by atoms with E-state index in [4.69, 9.17) is 9.47 Å². The number of amidine groups is 1. The average molecular weight is 348 g/mol. The van der Waals surface area contributed by atoms with Crippen molar-refractivity contribution < 1.29 is 18.3 Å². The molecule has 0 radical (unpaired) electrons. The van der Waals surface area contributed by atoms with E-state index in [2.05, 4.69) is 15.0 Å². The van der Waals surface area contributed by atoms with Gasteiger partial charge in [0, 0.05) is 13.1 Å². The van der Waals surface area contributed by atoms with Gasteiger partial charge in [-0.25, -0.2) is 18.8 Å². The van der Waals surface area contributed by atoms with Crippen LogP contribution < -0.4 is 4.74 Å². The first-order valence-electron chi connectivity index (χ1n) is 7.89. The van der Waals surface area contributed by atoms with E-state index in [-0.39, 0.29) is 24.3 Å². The first-order chi connectivity index (χ1) is 12.1. The van der Waals surface area contributed by atoms with Crippen molar-refractivity contribution in [2.24, 2.45) is 4.99 Å². The highest BCUT2D eigenvalue weighted by Gasteiger charge is 2.14. The lowest BCUT2D eigenvalue weighted by Crippen LogP contribution is -2.39. The Morgan fingerprint density at radius 2 is 1.96 bits per heavy atom. The third-order valence-electron chi connectivity index (χ3n) is 3.72. The fourth-order valence-electron chi connectivity index (χ4n) is 2.33. The van der Waals surface area contributed by atoms with E-state index in [0.29, 0.717) is 32.1 Å². The summed E-state index contributed by atoms with van der Waals surface area (Å²) in [5, 5.41) is 0. The number of aromatic nitrogens is 2. The van der Waals surface area contributed by atoms with Crippen molar-refractivity contribution in [1.82, 2.24) is 14.9 Å². The minimum absolute atomic E-state index is 0.0132. The first-order valence-corrected chi connectivity index (χ1v) is 7.89. The van der Waals surface area contributed by atoms with E-state index >= 15 is 0 Å². The van der Waals surface area contributed by atoms with E-state index in [1.807, 2.05) is 4.90 Å². The summed E-state index contributed by atoms with van der Waals surface area (Å²) < 4.78 is 37.5. The van der Waals surface area contributed by atoms with Crippen LogP contribution in [0.4, 0.5) is 14.6 Å². The molecule has 0 bridgehead atoms. The van der Waals surface area contributed by atoms with E-state index in [0.717, 1.165) is 11.8 Å². The second-order valence-electron chi connectivity index (χ2n) is 5.50. The Kier molecular flexibility index (Phi) is 5.49. The van der Waals surface area contributed by atoms with Crippen molar-refractivity contribution in [2.75, 3.05) is 26.3 Å². The molecule has 1 aliphatic heterocycles. The van der Waals surface area contributed by atoms with Gasteiger partial charge < -0.3 is 14.4 Å². The molecule has 0 amide bonds. The monoisotopic (exact) mass is 348 g/mol. The highest BCUT2D eigenvalue weighted by molar-refractivity contribution is 5.82. The predicted molar refractivity (Wildman–Crippen MR) is 87.9 cm³/mol. The molecule has 132 valence electrons. The minimum Gasteiger partial charge on any atom is -0.459 e. The Morgan fingerprint density at radius 1 is 1.24 bits per heavy atom. The molecule has 1 aliphatic rings. The number of rotatable bonds is 4. The Labute approximate surface area is 144 Å². The molecule has 2 aromatic rings. The summed E-state index contributed by atoms with van der Waals surface area (Å²) in [6, 6.07) is 5.89. The smallest absolute Gasteiger partial charge is 0.318 e. The molecular weight excluding hydrogens is 330 g/mol. The Morgan fingerprint density at radius 3 is 2.68 bits per heavy atom. The summed E-state index contributed by atoms with van der Waals surface area (Å²) in [7, 11) is 0. The van der Waals surface area contributed by atoms with Gasteiger partial charge in [-0.15, -0.1) is 0 Å². The maximum absolute atomic E-state index is 13.9. The van der Waals surface area contributed by atoms with Gasteiger partial charge in [-0.3, -0.25) is 0 Å². The highest BCUT2D eigenvalue weighted by Crippen LogP contribution is 2.18. The van der Waals surface area contributed by atoms with Gasteiger partial charge in [0.05, 0.1) is 19.4 Å². The molecule has 1 fully saturated rings. The van der Waals surface area contributed by atoms with Crippen molar-refractivity contribution in [3.63, 3.8) is 0 Å². The number of ether oxygens (including phenoxy) is 2. The molecule has 1 saturated heterocycles. The number of hydrogen-bond donors (Lipinski definition) is 0. The molecule has 0 spiro atoms. The normalized spacial score (nSPS) is 15.3. The number of hydrogen-bond acceptors (Lipinski definition) is 5. The van der Waals surface area contributed by atoms with Crippen molar-refractivity contribution in [1.29, 1.82) is 0 Å². The highest BCUT2D eigenvalue weighted by atomic mass is 19.1. The summed E-state index contributed by atoms with van der Waals surface area (Å²) >= 11 is 0. The number of morpholine rings is 1. The van der Waals surface area contributed by atoms with Crippen LogP contribution in [0.15, 0.2) is 35.5 Å². The minimum atomic E-state index is -0.623. The largest absolute Gasteiger partial charge is 0.459 e.